The quantitative estimate of drug-likeness (QED) is 0.261. The Kier molecular flexibility index (Phi) is 8.40. The Morgan fingerprint density at radius 1 is 0.921 bits per heavy atom. The van der Waals surface area contributed by atoms with E-state index in [1.165, 1.54) is 0 Å². The van der Waals surface area contributed by atoms with Gasteiger partial charge in [-0.1, -0.05) is 70.2 Å². The summed E-state index contributed by atoms with van der Waals surface area (Å²) in [6.45, 7) is 12.5. The van der Waals surface area contributed by atoms with Crippen LogP contribution in [0.25, 0.3) is 11.1 Å². The summed E-state index contributed by atoms with van der Waals surface area (Å²) in [5, 5.41) is 15.5. The van der Waals surface area contributed by atoms with Crippen LogP contribution in [0.2, 0.25) is 0 Å². The monoisotopic (exact) mass is 513 g/mol. The predicted octanol–water partition coefficient (Wildman–Crippen LogP) is 7.61. The highest BCUT2D eigenvalue weighted by Crippen LogP contribution is 2.49. The van der Waals surface area contributed by atoms with Gasteiger partial charge in [0.15, 0.2) is 0 Å². The van der Waals surface area contributed by atoms with Crippen LogP contribution in [0.3, 0.4) is 0 Å². The Morgan fingerprint density at radius 2 is 1.61 bits per heavy atom. The van der Waals surface area contributed by atoms with Crippen molar-refractivity contribution >= 4 is 29.1 Å². The van der Waals surface area contributed by atoms with E-state index in [-0.39, 0.29) is 17.9 Å². The lowest BCUT2D eigenvalue weighted by Gasteiger charge is -2.30. The standard InChI is InChI=1S/C32H39N3O3/c1-20(2)18-35(19-21(3)4)30-14-12-24(27-17-28(27)31(36)37)15-29(30)34-32(38)33-25-13-11-22(5)26(16-25)23-9-7-6-8-10-23/h6-16,20-21,27-28H,17-19H2,1-5H3,(H,36,37)(H2,33,34,38)/t27-,28-/m0/s1. The van der Waals surface area contributed by atoms with E-state index in [1.54, 1.807) is 0 Å². The van der Waals surface area contributed by atoms with Crippen molar-refractivity contribution in [3.05, 3.63) is 77.9 Å². The Bertz CT molecular complexity index is 1280. The van der Waals surface area contributed by atoms with Crippen LogP contribution < -0.4 is 15.5 Å². The van der Waals surface area contributed by atoms with Crippen molar-refractivity contribution in [3.8, 4) is 11.1 Å². The third kappa shape index (κ3) is 6.74. The summed E-state index contributed by atoms with van der Waals surface area (Å²) in [7, 11) is 0. The van der Waals surface area contributed by atoms with Gasteiger partial charge in [0.25, 0.3) is 0 Å². The number of urea groups is 1. The zero-order valence-corrected chi connectivity index (χ0v) is 23.0. The summed E-state index contributed by atoms with van der Waals surface area (Å²) in [4.78, 5) is 27.1. The Morgan fingerprint density at radius 3 is 2.21 bits per heavy atom. The zero-order valence-electron chi connectivity index (χ0n) is 23.0. The second kappa shape index (κ2) is 11.7. The first kappa shape index (κ1) is 27.2. The molecule has 38 heavy (non-hydrogen) atoms. The summed E-state index contributed by atoms with van der Waals surface area (Å²) in [5.41, 5.74) is 6.61. The Labute approximate surface area is 226 Å². The SMILES string of the molecule is Cc1ccc(NC(=O)Nc2cc([C@@H]3C[C@@H]3C(=O)O)ccc2N(CC(C)C)CC(C)C)cc1-c1ccccc1. The van der Waals surface area contributed by atoms with E-state index in [0.29, 0.717) is 29.6 Å². The van der Waals surface area contributed by atoms with Crippen molar-refractivity contribution in [2.45, 2.75) is 47.0 Å². The average molecular weight is 514 g/mol. The maximum atomic E-state index is 13.3. The molecule has 0 saturated heterocycles. The van der Waals surface area contributed by atoms with Gasteiger partial charge >= 0.3 is 12.0 Å². The number of anilines is 3. The normalized spacial score (nSPS) is 16.4. The smallest absolute Gasteiger partial charge is 0.323 e. The zero-order chi connectivity index (χ0) is 27.4. The highest BCUT2D eigenvalue weighted by molar-refractivity contribution is 6.02. The molecule has 0 spiro atoms. The van der Waals surface area contributed by atoms with Gasteiger partial charge in [-0.2, -0.15) is 0 Å². The minimum atomic E-state index is -0.763. The minimum absolute atomic E-state index is 0.0145. The number of rotatable bonds is 10. The van der Waals surface area contributed by atoms with Crippen molar-refractivity contribution in [2.24, 2.45) is 17.8 Å². The Hall–Kier alpha value is -3.80. The fourth-order valence-corrected chi connectivity index (χ4v) is 5.06. The molecule has 1 saturated carbocycles. The first-order chi connectivity index (χ1) is 18.1. The van der Waals surface area contributed by atoms with Crippen LogP contribution in [0.5, 0.6) is 0 Å². The molecule has 0 radical (unpaired) electrons. The summed E-state index contributed by atoms with van der Waals surface area (Å²) in [6.07, 6.45) is 0.633. The van der Waals surface area contributed by atoms with E-state index >= 15 is 0 Å². The van der Waals surface area contributed by atoms with Gasteiger partial charge < -0.3 is 20.6 Å². The van der Waals surface area contributed by atoms with Crippen LogP contribution in [0.1, 0.15) is 51.2 Å². The summed E-state index contributed by atoms with van der Waals surface area (Å²) < 4.78 is 0. The second-order valence-corrected chi connectivity index (χ2v) is 11.2. The van der Waals surface area contributed by atoms with Crippen LogP contribution in [-0.4, -0.2) is 30.2 Å². The van der Waals surface area contributed by atoms with Crippen LogP contribution >= 0.6 is 0 Å². The van der Waals surface area contributed by atoms with E-state index in [2.05, 4.69) is 62.3 Å². The molecule has 0 aliphatic heterocycles. The van der Waals surface area contributed by atoms with Crippen molar-refractivity contribution in [1.82, 2.24) is 0 Å². The molecule has 1 fully saturated rings. The highest BCUT2D eigenvalue weighted by atomic mass is 16.4. The van der Waals surface area contributed by atoms with Crippen LogP contribution in [-0.2, 0) is 4.79 Å². The van der Waals surface area contributed by atoms with Gasteiger partial charge in [-0.15, -0.1) is 0 Å². The highest BCUT2D eigenvalue weighted by Gasteiger charge is 2.44. The molecule has 200 valence electrons. The van der Waals surface area contributed by atoms with Gasteiger partial charge in [0.2, 0.25) is 0 Å². The molecule has 3 aromatic carbocycles. The first-order valence-electron chi connectivity index (χ1n) is 13.5. The molecular formula is C32H39N3O3. The molecule has 0 unspecified atom stereocenters. The van der Waals surface area contributed by atoms with Crippen LogP contribution in [0, 0.1) is 24.7 Å². The number of nitrogens with one attached hydrogen (secondary N) is 2. The van der Waals surface area contributed by atoms with E-state index in [9.17, 15) is 14.7 Å². The molecule has 6 nitrogen and oxygen atoms in total. The number of carbonyl (C=O) groups excluding carboxylic acids is 1. The molecule has 0 heterocycles. The first-order valence-corrected chi connectivity index (χ1v) is 13.5. The summed E-state index contributed by atoms with van der Waals surface area (Å²) in [5.74, 6) is -0.243. The Balaban J connectivity index is 1.61. The molecule has 3 aromatic rings. The average Bonchev–Trinajstić information content (AvgIpc) is 3.66. The maximum Gasteiger partial charge on any atom is 0.323 e. The van der Waals surface area contributed by atoms with Crippen molar-refractivity contribution in [3.63, 3.8) is 0 Å². The number of carboxylic acids is 1. The fourth-order valence-electron chi connectivity index (χ4n) is 5.06. The van der Waals surface area contributed by atoms with E-state index in [0.717, 1.165) is 41.0 Å². The van der Waals surface area contributed by atoms with Crippen molar-refractivity contribution in [1.29, 1.82) is 0 Å². The van der Waals surface area contributed by atoms with E-state index < -0.39 is 5.97 Å². The lowest BCUT2D eigenvalue weighted by molar-refractivity contribution is -0.138. The van der Waals surface area contributed by atoms with Gasteiger partial charge in [-0.3, -0.25) is 4.79 Å². The molecule has 2 amide bonds. The number of carbonyl (C=O) groups is 2. The van der Waals surface area contributed by atoms with Gasteiger partial charge in [-0.25, -0.2) is 4.79 Å². The maximum absolute atomic E-state index is 13.3. The molecule has 1 aliphatic rings. The van der Waals surface area contributed by atoms with Crippen LogP contribution in [0.4, 0.5) is 21.9 Å². The molecule has 1 aliphatic carbocycles. The number of aryl methyl sites for hydroxylation is 1. The topological polar surface area (TPSA) is 81.7 Å². The van der Waals surface area contributed by atoms with Gasteiger partial charge in [-0.05, 0) is 77.6 Å². The van der Waals surface area contributed by atoms with E-state index in [1.807, 2.05) is 54.6 Å². The molecular weight excluding hydrogens is 474 g/mol. The summed E-state index contributed by atoms with van der Waals surface area (Å²) >= 11 is 0. The predicted molar refractivity (Wildman–Crippen MR) is 156 cm³/mol. The van der Waals surface area contributed by atoms with Crippen LogP contribution in [0.15, 0.2) is 66.7 Å². The number of aliphatic carboxylic acids is 1. The number of nitrogens with zero attached hydrogens (tertiary/aromatic N) is 1. The second-order valence-electron chi connectivity index (χ2n) is 11.2. The third-order valence-electron chi connectivity index (χ3n) is 6.90. The number of benzene rings is 3. The minimum Gasteiger partial charge on any atom is -0.481 e. The molecule has 4 rings (SSSR count). The molecule has 6 heteroatoms. The number of amides is 2. The number of hydrogen-bond acceptors (Lipinski definition) is 3. The van der Waals surface area contributed by atoms with E-state index in [4.69, 9.17) is 0 Å². The molecule has 3 N–H and O–H groups in total. The lowest BCUT2D eigenvalue weighted by atomic mass is 10.00. The van der Waals surface area contributed by atoms with Crippen molar-refractivity contribution < 1.29 is 14.7 Å². The van der Waals surface area contributed by atoms with Crippen molar-refractivity contribution in [2.75, 3.05) is 28.6 Å². The largest absolute Gasteiger partial charge is 0.481 e. The molecule has 0 aromatic heterocycles. The third-order valence-corrected chi connectivity index (χ3v) is 6.90. The molecule has 2 atom stereocenters. The lowest BCUT2D eigenvalue weighted by Crippen LogP contribution is -2.32. The van der Waals surface area contributed by atoms with Gasteiger partial charge in [0.05, 0.1) is 17.3 Å². The van der Waals surface area contributed by atoms with Gasteiger partial charge in [0, 0.05) is 18.8 Å². The number of carboxylic acid groups (broad SMARTS) is 1. The molecule has 0 bridgehead atoms. The van der Waals surface area contributed by atoms with Gasteiger partial charge in [0.1, 0.15) is 0 Å². The summed E-state index contributed by atoms with van der Waals surface area (Å²) in [6, 6.07) is 21.7. The fraction of sp³-hybridized carbons (Fsp3) is 0.375. The number of hydrogen-bond donors (Lipinski definition) is 3.